The van der Waals surface area contributed by atoms with Gasteiger partial charge in [0.05, 0.1) is 12.2 Å². The second kappa shape index (κ2) is 19.2. The lowest BCUT2D eigenvalue weighted by molar-refractivity contribution is -0.131. The number of nitrogens with two attached hydrogens (primary N) is 2. The van der Waals surface area contributed by atoms with Gasteiger partial charge in [0.15, 0.2) is 5.78 Å². The smallest absolute Gasteiger partial charge is 0.327 e. The number of carbonyl (C=O) groups excluding carboxylic acids is 1. The van der Waals surface area contributed by atoms with Crippen LogP contribution in [0.5, 0.6) is 0 Å². The first-order valence-corrected chi connectivity index (χ1v) is 11.7. The van der Waals surface area contributed by atoms with E-state index in [2.05, 4.69) is 0 Å². The van der Waals surface area contributed by atoms with Gasteiger partial charge in [0, 0.05) is 12.0 Å². The highest BCUT2D eigenvalue weighted by atomic mass is 16.4. The maximum Gasteiger partial charge on any atom is 0.327 e. The van der Waals surface area contributed by atoms with Crippen molar-refractivity contribution in [2.45, 2.75) is 89.8 Å². The molecule has 0 aromatic carbocycles. The molecule has 180 valence electrons. The van der Waals surface area contributed by atoms with Crippen LogP contribution in [0.2, 0.25) is 0 Å². The topological polar surface area (TPSA) is 147 Å². The van der Waals surface area contributed by atoms with Gasteiger partial charge in [-0.15, -0.1) is 0 Å². The lowest BCUT2D eigenvalue weighted by Gasteiger charge is -2.19. The van der Waals surface area contributed by atoms with E-state index in [1.165, 1.54) is 0 Å². The van der Waals surface area contributed by atoms with Gasteiger partial charge in [-0.1, -0.05) is 18.6 Å². The summed E-state index contributed by atoms with van der Waals surface area (Å²) < 4.78 is 0. The Balaban J connectivity index is 0.00000131. The Bertz CT molecular complexity index is 530. The van der Waals surface area contributed by atoms with E-state index in [9.17, 15) is 19.8 Å². The van der Waals surface area contributed by atoms with Crippen LogP contribution in [-0.4, -0.2) is 52.4 Å². The fourth-order valence-corrected chi connectivity index (χ4v) is 3.62. The molecule has 0 amide bonds. The van der Waals surface area contributed by atoms with Gasteiger partial charge in [-0.05, 0) is 96.2 Å². The van der Waals surface area contributed by atoms with Gasteiger partial charge in [0.25, 0.3) is 0 Å². The number of ketones is 1. The average molecular weight is 441 g/mol. The lowest BCUT2D eigenvalue weighted by atomic mass is 9.85. The third kappa shape index (κ3) is 16.8. The van der Waals surface area contributed by atoms with E-state index in [0.29, 0.717) is 25.7 Å². The Morgan fingerprint density at radius 1 is 1.03 bits per heavy atom. The minimum atomic E-state index is -0.928. The fraction of sp³-hybridized carbons (Fsp3) is 0.750. The van der Waals surface area contributed by atoms with Gasteiger partial charge in [-0.25, -0.2) is 4.79 Å². The van der Waals surface area contributed by atoms with Crippen LogP contribution in [0.3, 0.4) is 0 Å². The average Bonchev–Trinajstić information content (AvgIpc) is 3.07. The summed E-state index contributed by atoms with van der Waals surface area (Å²) in [6, 6.07) is 0. The first-order chi connectivity index (χ1) is 14.8. The van der Waals surface area contributed by atoms with Crippen LogP contribution in [0.25, 0.3) is 0 Å². The zero-order valence-electron chi connectivity index (χ0n) is 19.1. The van der Waals surface area contributed by atoms with E-state index in [1.807, 2.05) is 6.08 Å². The molecular formula is C24H44N2O5. The van der Waals surface area contributed by atoms with Gasteiger partial charge in [0.2, 0.25) is 0 Å². The van der Waals surface area contributed by atoms with E-state index in [-0.39, 0.29) is 29.8 Å². The van der Waals surface area contributed by atoms with Crippen LogP contribution in [0.15, 0.2) is 24.3 Å². The predicted octanol–water partition coefficient (Wildman–Crippen LogP) is 2.94. The number of aliphatic carboxylic acids is 1. The van der Waals surface area contributed by atoms with Crippen molar-refractivity contribution in [1.82, 2.24) is 0 Å². The van der Waals surface area contributed by atoms with Crippen molar-refractivity contribution in [3.8, 4) is 0 Å². The number of hydrogen-bond acceptors (Lipinski definition) is 6. The van der Waals surface area contributed by atoms with Crippen molar-refractivity contribution < 1.29 is 24.9 Å². The minimum Gasteiger partial charge on any atom is -0.478 e. The van der Waals surface area contributed by atoms with Gasteiger partial charge in [0.1, 0.15) is 0 Å². The molecular weight excluding hydrogens is 396 g/mol. The molecule has 1 rings (SSSR count). The van der Waals surface area contributed by atoms with Gasteiger partial charge >= 0.3 is 5.97 Å². The fourth-order valence-electron chi connectivity index (χ4n) is 3.62. The normalized spacial score (nSPS) is 20.0. The number of aliphatic hydroxyl groups excluding tert-OH is 2. The summed E-state index contributed by atoms with van der Waals surface area (Å²) in [6.45, 7) is 3.30. The maximum atomic E-state index is 12.0. The van der Waals surface area contributed by atoms with Crippen molar-refractivity contribution in [1.29, 1.82) is 0 Å². The molecule has 4 atom stereocenters. The molecule has 0 heterocycles. The van der Waals surface area contributed by atoms with Gasteiger partial charge in [-0.3, -0.25) is 4.79 Å². The molecule has 0 saturated heterocycles. The highest BCUT2D eigenvalue weighted by Gasteiger charge is 2.29. The molecule has 0 radical (unpaired) electrons. The number of aliphatic hydroxyl groups is 2. The molecule has 0 bridgehead atoms. The molecule has 1 aliphatic carbocycles. The van der Waals surface area contributed by atoms with Gasteiger partial charge < -0.3 is 26.8 Å². The first kappa shape index (κ1) is 29.5. The molecule has 0 saturated carbocycles. The molecule has 31 heavy (non-hydrogen) atoms. The molecule has 0 fully saturated rings. The second-order valence-electron chi connectivity index (χ2n) is 8.35. The number of carbonyl (C=O) groups is 2. The SMILES string of the molecule is CC(O)CCC[C@H](O)CC[C@H]1C=CC(=O)[C@@H]1CCCCC=CC(=O)O.NCCCCN. The summed E-state index contributed by atoms with van der Waals surface area (Å²) in [5.41, 5.74) is 10.3. The summed E-state index contributed by atoms with van der Waals surface area (Å²) in [5, 5.41) is 27.8. The van der Waals surface area contributed by atoms with Crippen molar-refractivity contribution in [2.75, 3.05) is 13.1 Å². The molecule has 1 unspecified atom stereocenters. The standard InChI is InChI=1S/C20H32O5.C4H12N2/c1-15(21)7-6-8-17(22)13-11-16-12-14-19(23)18(16)9-4-2-3-5-10-20(24)25;5-3-1-2-4-6/h5,10,12,14-18,21-22H,2-4,6-9,11,13H2,1H3,(H,24,25);1-6H2/t15?,16-,17-,18+;/m0./s1. The number of carboxylic acids is 1. The molecule has 0 aliphatic heterocycles. The molecule has 7 heteroatoms. The number of hydrogen-bond donors (Lipinski definition) is 5. The first-order valence-electron chi connectivity index (χ1n) is 11.7. The molecule has 7 N–H and O–H groups in total. The Hall–Kier alpha value is -1.54. The molecule has 1 aliphatic rings. The van der Waals surface area contributed by atoms with Crippen LogP contribution in [0.4, 0.5) is 0 Å². The minimum absolute atomic E-state index is 0.00752. The van der Waals surface area contributed by atoms with Crippen LogP contribution in [-0.2, 0) is 9.59 Å². The summed E-state index contributed by atoms with van der Waals surface area (Å²) in [4.78, 5) is 22.4. The van der Waals surface area contributed by atoms with Crippen LogP contribution < -0.4 is 11.5 Å². The lowest BCUT2D eigenvalue weighted by Crippen LogP contribution is -2.18. The highest BCUT2D eigenvalue weighted by Crippen LogP contribution is 2.31. The number of carboxylic acid groups (broad SMARTS) is 1. The predicted molar refractivity (Wildman–Crippen MR) is 124 cm³/mol. The highest BCUT2D eigenvalue weighted by molar-refractivity contribution is 5.94. The van der Waals surface area contributed by atoms with E-state index < -0.39 is 5.97 Å². The zero-order chi connectivity index (χ0) is 23.5. The van der Waals surface area contributed by atoms with E-state index in [1.54, 1.807) is 19.1 Å². The van der Waals surface area contributed by atoms with Crippen molar-refractivity contribution in [3.63, 3.8) is 0 Å². The van der Waals surface area contributed by atoms with Crippen molar-refractivity contribution in [2.24, 2.45) is 23.3 Å². The molecule has 7 nitrogen and oxygen atoms in total. The largest absolute Gasteiger partial charge is 0.478 e. The van der Waals surface area contributed by atoms with Gasteiger partial charge in [-0.2, -0.15) is 0 Å². The van der Waals surface area contributed by atoms with E-state index >= 15 is 0 Å². The van der Waals surface area contributed by atoms with Crippen LogP contribution >= 0.6 is 0 Å². The summed E-state index contributed by atoms with van der Waals surface area (Å²) in [5.74, 6) is -0.543. The third-order valence-corrected chi connectivity index (χ3v) is 5.44. The Labute approximate surface area is 187 Å². The van der Waals surface area contributed by atoms with Crippen molar-refractivity contribution >= 4 is 11.8 Å². The molecule has 0 spiro atoms. The van der Waals surface area contributed by atoms with Crippen LogP contribution in [0, 0.1) is 11.8 Å². The number of unbranched alkanes of at least 4 members (excludes halogenated alkanes) is 3. The molecule has 0 aromatic heterocycles. The third-order valence-electron chi connectivity index (χ3n) is 5.44. The zero-order valence-corrected chi connectivity index (χ0v) is 19.1. The monoisotopic (exact) mass is 440 g/mol. The maximum absolute atomic E-state index is 12.0. The van der Waals surface area contributed by atoms with Crippen molar-refractivity contribution in [3.05, 3.63) is 24.3 Å². The summed E-state index contributed by atoms with van der Waals surface area (Å²) >= 11 is 0. The quantitative estimate of drug-likeness (QED) is 0.183. The Morgan fingerprint density at radius 2 is 1.71 bits per heavy atom. The molecule has 0 aromatic rings. The Morgan fingerprint density at radius 3 is 2.29 bits per heavy atom. The second-order valence-corrected chi connectivity index (χ2v) is 8.35. The number of rotatable bonds is 16. The van der Waals surface area contributed by atoms with Crippen LogP contribution in [0.1, 0.15) is 77.6 Å². The number of allylic oxidation sites excluding steroid dienone is 3. The summed E-state index contributed by atoms with van der Waals surface area (Å²) in [6.07, 6.45) is 14.9. The summed E-state index contributed by atoms with van der Waals surface area (Å²) in [7, 11) is 0. The van der Waals surface area contributed by atoms with E-state index in [0.717, 1.165) is 64.1 Å². The Kier molecular flexibility index (Phi) is 18.2. The van der Waals surface area contributed by atoms with E-state index in [4.69, 9.17) is 16.6 Å².